The number of methoxy groups -OCH3 is 1. The summed E-state index contributed by atoms with van der Waals surface area (Å²) >= 11 is 0. The molecule has 3 aromatic carbocycles. The topological polar surface area (TPSA) is 114 Å². The van der Waals surface area contributed by atoms with Crippen molar-refractivity contribution in [3.05, 3.63) is 82.4 Å². The highest BCUT2D eigenvalue weighted by molar-refractivity contribution is 5.92. The number of benzene rings is 3. The highest BCUT2D eigenvalue weighted by atomic mass is 16.6. The molecule has 0 aliphatic carbocycles. The van der Waals surface area contributed by atoms with E-state index in [1.807, 2.05) is 0 Å². The number of nitriles is 1. The van der Waals surface area contributed by atoms with Gasteiger partial charge in [-0.2, -0.15) is 5.26 Å². The third kappa shape index (κ3) is 5.58. The van der Waals surface area contributed by atoms with Gasteiger partial charge in [-0.1, -0.05) is 24.3 Å². The van der Waals surface area contributed by atoms with Crippen LogP contribution < -0.4 is 14.8 Å². The van der Waals surface area contributed by atoms with Crippen molar-refractivity contribution in [1.82, 2.24) is 0 Å². The first-order valence-corrected chi connectivity index (χ1v) is 9.31. The van der Waals surface area contributed by atoms with Crippen LogP contribution in [0.1, 0.15) is 5.56 Å². The summed E-state index contributed by atoms with van der Waals surface area (Å²) in [5, 5.41) is 22.6. The van der Waals surface area contributed by atoms with Crippen molar-refractivity contribution < 1.29 is 19.2 Å². The number of non-ortho nitro benzene ring substituents is 1. The number of carbonyl (C=O) groups excluding carboxylic acids is 1. The van der Waals surface area contributed by atoms with Crippen LogP contribution in [0.3, 0.4) is 0 Å². The molecule has 0 radical (unpaired) electrons. The number of anilines is 1. The molecule has 0 spiro atoms. The second-order valence-electron chi connectivity index (χ2n) is 6.53. The molecule has 0 atom stereocenters. The molecule has 156 valence electrons. The Kier molecular flexibility index (Phi) is 6.81. The Labute approximate surface area is 178 Å². The molecule has 0 aliphatic heterocycles. The summed E-state index contributed by atoms with van der Waals surface area (Å²) in [6, 6.07) is 20.2. The van der Waals surface area contributed by atoms with Gasteiger partial charge in [0.05, 0.1) is 24.5 Å². The Balaban J connectivity index is 1.74. The van der Waals surface area contributed by atoms with Crippen LogP contribution in [0.4, 0.5) is 11.4 Å². The molecule has 0 bridgehead atoms. The molecule has 0 aliphatic rings. The average molecular weight is 417 g/mol. The standard InChI is InChI=1S/C23H19N3O5/c1-30-20-9-4-17(5-10-20)21-14-19(26(28)29)8-11-22(21)31-15-23(27)25-18-6-2-16(3-7-18)12-13-24/h2-11,14H,12,15H2,1H3,(H,25,27). The van der Waals surface area contributed by atoms with Crippen LogP contribution in [0.2, 0.25) is 0 Å². The summed E-state index contributed by atoms with van der Waals surface area (Å²) in [5.74, 6) is 0.610. The number of nitro benzene ring substituents is 1. The second kappa shape index (κ2) is 9.89. The Bertz CT molecular complexity index is 1120. The molecule has 3 rings (SSSR count). The van der Waals surface area contributed by atoms with E-state index in [0.29, 0.717) is 34.7 Å². The van der Waals surface area contributed by atoms with Gasteiger partial charge in [-0.25, -0.2) is 0 Å². The number of nitro groups is 1. The predicted octanol–water partition coefficient (Wildman–Crippen LogP) is 4.35. The van der Waals surface area contributed by atoms with Crippen LogP contribution >= 0.6 is 0 Å². The van der Waals surface area contributed by atoms with Gasteiger partial charge in [0.15, 0.2) is 6.61 Å². The van der Waals surface area contributed by atoms with Crippen LogP contribution in [-0.4, -0.2) is 24.5 Å². The molecule has 0 saturated carbocycles. The summed E-state index contributed by atoms with van der Waals surface area (Å²) in [4.78, 5) is 23.0. The van der Waals surface area contributed by atoms with Gasteiger partial charge in [-0.05, 0) is 41.5 Å². The van der Waals surface area contributed by atoms with E-state index in [1.165, 1.54) is 18.2 Å². The maximum atomic E-state index is 12.3. The van der Waals surface area contributed by atoms with Gasteiger partial charge in [0.1, 0.15) is 11.5 Å². The molecule has 0 saturated heterocycles. The van der Waals surface area contributed by atoms with Crippen molar-refractivity contribution in [2.45, 2.75) is 6.42 Å². The summed E-state index contributed by atoms with van der Waals surface area (Å²) in [6.07, 6.45) is 0.297. The number of nitrogens with one attached hydrogen (secondary N) is 1. The quantitative estimate of drug-likeness (QED) is 0.430. The Morgan fingerprint density at radius 3 is 2.42 bits per heavy atom. The fourth-order valence-corrected chi connectivity index (χ4v) is 2.89. The van der Waals surface area contributed by atoms with Crippen molar-refractivity contribution in [3.63, 3.8) is 0 Å². The normalized spacial score (nSPS) is 10.1. The number of hydrogen-bond donors (Lipinski definition) is 1. The summed E-state index contributed by atoms with van der Waals surface area (Å²) in [5.41, 5.74) is 2.53. The molecular formula is C23H19N3O5. The smallest absolute Gasteiger partial charge is 0.270 e. The van der Waals surface area contributed by atoms with Gasteiger partial charge < -0.3 is 14.8 Å². The fraction of sp³-hybridized carbons (Fsp3) is 0.130. The zero-order valence-corrected chi connectivity index (χ0v) is 16.7. The van der Waals surface area contributed by atoms with Crippen LogP contribution in [0.5, 0.6) is 11.5 Å². The summed E-state index contributed by atoms with van der Waals surface area (Å²) in [6.45, 7) is -0.277. The third-order valence-electron chi connectivity index (χ3n) is 4.45. The molecule has 8 nitrogen and oxygen atoms in total. The molecule has 31 heavy (non-hydrogen) atoms. The molecule has 1 N–H and O–H groups in total. The molecule has 8 heteroatoms. The number of amides is 1. The Hall–Kier alpha value is -4.38. The minimum Gasteiger partial charge on any atom is -0.497 e. The van der Waals surface area contributed by atoms with E-state index in [4.69, 9.17) is 14.7 Å². The molecule has 0 aromatic heterocycles. The minimum atomic E-state index is -0.487. The van der Waals surface area contributed by atoms with E-state index in [0.717, 1.165) is 5.56 Å². The lowest BCUT2D eigenvalue weighted by Gasteiger charge is -2.12. The second-order valence-corrected chi connectivity index (χ2v) is 6.53. The SMILES string of the molecule is COc1ccc(-c2cc([N+](=O)[O-])ccc2OCC(=O)Nc2ccc(CC#N)cc2)cc1. The van der Waals surface area contributed by atoms with Crippen molar-refractivity contribution in [3.8, 4) is 28.7 Å². The van der Waals surface area contributed by atoms with Crippen molar-refractivity contribution in [2.24, 2.45) is 0 Å². The highest BCUT2D eigenvalue weighted by Gasteiger charge is 2.15. The highest BCUT2D eigenvalue weighted by Crippen LogP contribution is 2.34. The summed E-state index contributed by atoms with van der Waals surface area (Å²) < 4.78 is 10.8. The molecular weight excluding hydrogens is 398 g/mol. The Morgan fingerprint density at radius 2 is 1.81 bits per heavy atom. The molecule has 0 heterocycles. The van der Waals surface area contributed by atoms with Crippen LogP contribution in [0.15, 0.2) is 66.7 Å². The lowest BCUT2D eigenvalue weighted by Crippen LogP contribution is -2.20. The van der Waals surface area contributed by atoms with Crippen LogP contribution in [0, 0.1) is 21.4 Å². The first-order chi connectivity index (χ1) is 15.0. The molecule has 1 amide bonds. The fourth-order valence-electron chi connectivity index (χ4n) is 2.89. The predicted molar refractivity (Wildman–Crippen MR) is 115 cm³/mol. The van der Waals surface area contributed by atoms with Gasteiger partial charge in [0.25, 0.3) is 11.6 Å². The summed E-state index contributed by atoms with van der Waals surface area (Å²) in [7, 11) is 1.55. The van der Waals surface area contributed by atoms with Gasteiger partial charge >= 0.3 is 0 Å². The lowest BCUT2D eigenvalue weighted by atomic mass is 10.0. The number of rotatable bonds is 8. The van der Waals surface area contributed by atoms with Crippen molar-refractivity contribution >= 4 is 17.3 Å². The third-order valence-corrected chi connectivity index (χ3v) is 4.45. The average Bonchev–Trinajstić information content (AvgIpc) is 2.79. The van der Waals surface area contributed by atoms with E-state index in [-0.39, 0.29) is 18.2 Å². The van der Waals surface area contributed by atoms with E-state index >= 15 is 0 Å². The first-order valence-electron chi connectivity index (χ1n) is 9.31. The molecule has 0 fully saturated rings. The number of nitrogens with zero attached hydrogens (tertiary/aromatic N) is 2. The lowest BCUT2D eigenvalue weighted by molar-refractivity contribution is -0.384. The Morgan fingerprint density at radius 1 is 1.10 bits per heavy atom. The van der Waals surface area contributed by atoms with Gasteiger partial charge in [-0.3, -0.25) is 14.9 Å². The first kappa shape index (κ1) is 21.3. The minimum absolute atomic E-state index is 0.0833. The monoisotopic (exact) mass is 417 g/mol. The van der Waals surface area contributed by atoms with Crippen molar-refractivity contribution in [1.29, 1.82) is 5.26 Å². The zero-order valence-electron chi connectivity index (χ0n) is 16.7. The van der Waals surface area contributed by atoms with E-state index < -0.39 is 4.92 Å². The number of ether oxygens (including phenoxy) is 2. The van der Waals surface area contributed by atoms with Gasteiger partial charge in [0.2, 0.25) is 0 Å². The maximum Gasteiger partial charge on any atom is 0.270 e. The number of carbonyl (C=O) groups is 1. The largest absolute Gasteiger partial charge is 0.497 e. The molecule has 3 aromatic rings. The van der Waals surface area contributed by atoms with Crippen molar-refractivity contribution in [2.75, 3.05) is 19.0 Å². The van der Waals surface area contributed by atoms with E-state index in [2.05, 4.69) is 11.4 Å². The number of hydrogen-bond acceptors (Lipinski definition) is 6. The van der Waals surface area contributed by atoms with Crippen LogP contribution in [0.25, 0.3) is 11.1 Å². The van der Waals surface area contributed by atoms with E-state index in [9.17, 15) is 14.9 Å². The zero-order chi connectivity index (χ0) is 22.2. The van der Waals surface area contributed by atoms with Gasteiger partial charge in [0, 0.05) is 23.4 Å². The molecule has 0 unspecified atom stereocenters. The van der Waals surface area contributed by atoms with Gasteiger partial charge in [-0.15, -0.1) is 0 Å². The maximum absolute atomic E-state index is 12.3. The van der Waals surface area contributed by atoms with E-state index in [1.54, 1.807) is 55.6 Å². The van der Waals surface area contributed by atoms with Crippen LogP contribution in [-0.2, 0) is 11.2 Å².